The van der Waals surface area contributed by atoms with Crippen LogP contribution in [0.15, 0.2) is 40.9 Å². The van der Waals surface area contributed by atoms with Crippen LogP contribution in [0.25, 0.3) is 0 Å². The molecule has 0 aliphatic heterocycles. The molecular weight excluding hydrogens is 381 g/mol. The van der Waals surface area contributed by atoms with Gasteiger partial charge in [-0.3, -0.25) is 0 Å². The van der Waals surface area contributed by atoms with Crippen LogP contribution in [0.4, 0.5) is 4.39 Å². The molecule has 0 aliphatic rings. The van der Waals surface area contributed by atoms with Gasteiger partial charge in [0.2, 0.25) is 0 Å². The zero-order valence-electron chi connectivity index (χ0n) is 13.4. The highest BCUT2D eigenvalue weighted by molar-refractivity contribution is 9.10. The first kappa shape index (κ1) is 18.2. The van der Waals surface area contributed by atoms with Crippen molar-refractivity contribution >= 4 is 27.5 Å². The first-order chi connectivity index (χ1) is 10.7. The maximum absolute atomic E-state index is 13.1. The second-order valence-corrected chi connectivity index (χ2v) is 7.70. The second-order valence-electron chi connectivity index (χ2n) is 6.38. The van der Waals surface area contributed by atoms with Crippen LogP contribution in [0.2, 0.25) is 5.02 Å². The van der Waals surface area contributed by atoms with Crippen LogP contribution < -0.4 is 10.1 Å². The van der Waals surface area contributed by atoms with Crippen molar-refractivity contribution in [1.29, 1.82) is 0 Å². The third-order valence-corrected chi connectivity index (χ3v) is 4.08. The molecule has 5 heteroatoms. The van der Waals surface area contributed by atoms with Gasteiger partial charge in [-0.05, 0) is 51.1 Å². The van der Waals surface area contributed by atoms with E-state index in [1.54, 1.807) is 6.07 Å². The van der Waals surface area contributed by atoms with Gasteiger partial charge in [-0.1, -0.05) is 33.6 Å². The normalized spacial score (nSPS) is 11.6. The summed E-state index contributed by atoms with van der Waals surface area (Å²) in [6, 6.07) is 10.2. The van der Waals surface area contributed by atoms with E-state index in [1.807, 2.05) is 18.2 Å². The molecule has 0 fully saturated rings. The number of rotatable bonds is 5. The predicted octanol–water partition coefficient (Wildman–Crippen LogP) is 5.71. The Morgan fingerprint density at radius 2 is 1.87 bits per heavy atom. The lowest BCUT2D eigenvalue weighted by molar-refractivity contribution is 0.300. The van der Waals surface area contributed by atoms with Gasteiger partial charge in [-0.2, -0.15) is 0 Å². The highest BCUT2D eigenvalue weighted by atomic mass is 79.9. The molecule has 0 amide bonds. The predicted molar refractivity (Wildman–Crippen MR) is 96.5 cm³/mol. The Bertz CT molecular complexity index is 685. The Morgan fingerprint density at radius 1 is 1.13 bits per heavy atom. The van der Waals surface area contributed by atoms with Crippen LogP contribution in [0.3, 0.4) is 0 Å². The number of hydrogen-bond acceptors (Lipinski definition) is 2. The standard InChI is InChI=1S/C18H20BrClFNO/c1-18(2,3)22-10-13-8-14(19)5-7-17(13)23-11-12-4-6-15(21)9-16(12)20/h4-9,22H,10-11H2,1-3H3. The summed E-state index contributed by atoms with van der Waals surface area (Å²) in [6.07, 6.45) is 0. The van der Waals surface area contributed by atoms with Gasteiger partial charge in [-0.15, -0.1) is 0 Å². The molecule has 0 spiro atoms. The summed E-state index contributed by atoms with van der Waals surface area (Å²) in [5, 5.41) is 3.82. The summed E-state index contributed by atoms with van der Waals surface area (Å²) in [5.74, 6) is 0.433. The number of nitrogens with one attached hydrogen (secondary N) is 1. The van der Waals surface area contributed by atoms with E-state index >= 15 is 0 Å². The largest absolute Gasteiger partial charge is 0.489 e. The van der Waals surface area contributed by atoms with E-state index in [2.05, 4.69) is 42.0 Å². The SMILES string of the molecule is CC(C)(C)NCc1cc(Br)ccc1OCc1ccc(F)cc1Cl. The average molecular weight is 401 g/mol. The van der Waals surface area contributed by atoms with Crippen LogP contribution in [-0.4, -0.2) is 5.54 Å². The fraction of sp³-hybridized carbons (Fsp3) is 0.333. The smallest absolute Gasteiger partial charge is 0.124 e. The number of ether oxygens (including phenoxy) is 1. The molecule has 0 heterocycles. The minimum absolute atomic E-state index is 0.0137. The molecule has 0 unspecified atom stereocenters. The van der Waals surface area contributed by atoms with Gasteiger partial charge in [0.15, 0.2) is 0 Å². The molecule has 124 valence electrons. The van der Waals surface area contributed by atoms with Gasteiger partial charge in [-0.25, -0.2) is 4.39 Å². The molecule has 0 saturated heterocycles. The third kappa shape index (κ3) is 5.79. The van der Waals surface area contributed by atoms with Crippen molar-refractivity contribution in [3.05, 3.63) is 62.8 Å². The maximum Gasteiger partial charge on any atom is 0.124 e. The average Bonchev–Trinajstić information content (AvgIpc) is 2.45. The molecule has 2 aromatic carbocycles. The van der Waals surface area contributed by atoms with Gasteiger partial charge < -0.3 is 10.1 Å². The van der Waals surface area contributed by atoms with Crippen molar-refractivity contribution in [2.75, 3.05) is 0 Å². The molecule has 2 aromatic rings. The van der Waals surface area contributed by atoms with E-state index in [9.17, 15) is 4.39 Å². The molecule has 0 bridgehead atoms. The first-order valence-corrected chi connectivity index (χ1v) is 8.52. The number of halogens is 3. The Kier molecular flexibility index (Phi) is 6.06. The lowest BCUT2D eigenvalue weighted by Gasteiger charge is -2.22. The molecule has 23 heavy (non-hydrogen) atoms. The summed E-state index contributed by atoms with van der Waals surface area (Å²) >= 11 is 9.53. The molecule has 0 radical (unpaired) electrons. The van der Waals surface area contributed by atoms with Crippen LogP contribution >= 0.6 is 27.5 Å². The minimum Gasteiger partial charge on any atom is -0.489 e. The summed E-state index contributed by atoms with van der Waals surface area (Å²) in [7, 11) is 0. The topological polar surface area (TPSA) is 21.3 Å². The Morgan fingerprint density at radius 3 is 2.52 bits per heavy atom. The molecule has 2 rings (SSSR count). The molecule has 0 aliphatic carbocycles. The summed E-state index contributed by atoms with van der Waals surface area (Å²) in [6.45, 7) is 7.33. The lowest BCUT2D eigenvalue weighted by atomic mass is 10.1. The fourth-order valence-corrected chi connectivity index (χ4v) is 2.61. The van der Waals surface area contributed by atoms with Gasteiger partial charge in [0.1, 0.15) is 18.2 Å². The zero-order valence-corrected chi connectivity index (χ0v) is 15.8. The molecule has 0 aromatic heterocycles. The second kappa shape index (κ2) is 7.65. The van der Waals surface area contributed by atoms with Crippen molar-refractivity contribution in [3.8, 4) is 5.75 Å². The van der Waals surface area contributed by atoms with Gasteiger partial charge in [0.25, 0.3) is 0 Å². The number of benzene rings is 2. The van der Waals surface area contributed by atoms with Crippen LogP contribution in [0.1, 0.15) is 31.9 Å². The van der Waals surface area contributed by atoms with E-state index in [-0.39, 0.29) is 11.4 Å². The van der Waals surface area contributed by atoms with Crippen LogP contribution in [0.5, 0.6) is 5.75 Å². The summed E-state index contributed by atoms with van der Waals surface area (Å²) in [5.41, 5.74) is 1.82. The molecular formula is C18H20BrClFNO. The molecule has 1 N–H and O–H groups in total. The van der Waals surface area contributed by atoms with E-state index in [4.69, 9.17) is 16.3 Å². The Labute approximate surface area is 150 Å². The monoisotopic (exact) mass is 399 g/mol. The molecule has 0 atom stereocenters. The zero-order chi connectivity index (χ0) is 17.0. The Hall–Kier alpha value is -1.10. The van der Waals surface area contributed by atoms with Crippen molar-refractivity contribution in [3.63, 3.8) is 0 Å². The number of hydrogen-bond donors (Lipinski definition) is 1. The highest BCUT2D eigenvalue weighted by Crippen LogP contribution is 2.26. The van der Waals surface area contributed by atoms with Crippen LogP contribution in [-0.2, 0) is 13.2 Å². The van der Waals surface area contributed by atoms with Crippen molar-refractivity contribution in [1.82, 2.24) is 5.32 Å². The van der Waals surface area contributed by atoms with Crippen LogP contribution in [0, 0.1) is 5.82 Å². The van der Waals surface area contributed by atoms with E-state index < -0.39 is 0 Å². The van der Waals surface area contributed by atoms with E-state index in [1.165, 1.54) is 12.1 Å². The summed E-state index contributed by atoms with van der Waals surface area (Å²) in [4.78, 5) is 0. The van der Waals surface area contributed by atoms with Gasteiger partial charge >= 0.3 is 0 Å². The lowest BCUT2D eigenvalue weighted by Crippen LogP contribution is -2.35. The van der Waals surface area contributed by atoms with E-state index in [0.717, 1.165) is 21.3 Å². The van der Waals surface area contributed by atoms with Crippen molar-refractivity contribution in [2.45, 2.75) is 39.5 Å². The quantitative estimate of drug-likeness (QED) is 0.694. The summed E-state index contributed by atoms with van der Waals surface area (Å²) < 4.78 is 20.0. The maximum atomic E-state index is 13.1. The minimum atomic E-state index is -0.350. The fourth-order valence-electron chi connectivity index (χ4n) is 1.98. The molecule has 0 saturated carbocycles. The van der Waals surface area contributed by atoms with E-state index in [0.29, 0.717) is 18.2 Å². The van der Waals surface area contributed by atoms with Gasteiger partial charge in [0, 0.05) is 27.7 Å². The highest BCUT2D eigenvalue weighted by Gasteiger charge is 2.12. The third-order valence-electron chi connectivity index (χ3n) is 3.23. The van der Waals surface area contributed by atoms with Crippen molar-refractivity contribution < 1.29 is 9.13 Å². The first-order valence-electron chi connectivity index (χ1n) is 7.35. The van der Waals surface area contributed by atoms with Gasteiger partial charge in [0.05, 0.1) is 5.02 Å². The molecule has 2 nitrogen and oxygen atoms in total. The Balaban J connectivity index is 2.12. The van der Waals surface area contributed by atoms with Crippen molar-refractivity contribution in [2.24, 2.45) is 0 Å².